The average molecular weight is 412 g/mol. The number of carbonyl (C=O) groups is 1. The highest BCUT2D eigenvalue weighted by Crippen LogP contribution is 2.28. The number of rotatable bonds is 4. The molecule has 6 heteroatoms. The third-order valence-corrected chi connectivity index (χ3v) is 5.79. The summed E-state index contributed by atoms with van der Waals surface area (Å²) < 4.78 is 5.48. The summed E-state index contributed by atoms with van der Waals surface area (Å²) in [6, 6.07) is 23.6. The molecule has 0 unspecified atom stereocenters. The minimum atomic E-state index is 0.0656. The predicted octanol–water partition coefficient (Wildman–Crippen LogP) is 4.20. The quantitative estimate of drug-likeness (QED) is 0.546. The number of hydrogen-bond acceptors (Lipinski definition) is 4. The number of anilines is 1. The van der Waals surface area contributed by atoms with Crippen molar-refractivity contribution in [3.63, 3.8) is 0 Å². The van der Waals surface area contributed by atoms with E-state index in [0.29, 0.717) is 18.7 Å². The van der Waals surface area contributed by atoms with E-state index >= 15 is 0 Å². The number of nitrogens with zero attached hydrogens (tertiary/aromatic N) is 3. The van der Waals surface area contributed by atoms with Crippen molar-refractivity contribution in [2.45, 2.75) is 0 Å². The Balaban J connectivity index is 1.26. The first-order chi connectivity index (χ1) is 15.2. The van der Waals surface area contributed by atoms with Gasteiger partial charge >= 0.3 is 0 Å². The molecule has 1 fully saturated rings. The van der Waals surface area contributed by atoms with Gasteiger partial charge in [-0.3, -0.25) is 4.79 Å². The molecule has 1 aliphatic rings. The molecule has 0 spiro atoms. The summed E-state index contributed by atoms with van der Waals surface area (Å²) in [5.74, 6) is 1.74. The molecule has 0 saturated carbocycles. The molecule has 1 saturated heterocycles. The largest absolute Gasteiger partial charge is 0.495 e. The lowest BCUT2D eigenvalue weighted by Gasteiger charge is -2.36. The van der Waals surface area contributed by atoms with Gasteiger partial charge in [-0.2, -0.15) is 0 Å². The van der Waals surface area contributed by atoms with E-state index in [0.717, 1.165) is 46.9 Å². The van der Waals surface area contributed by atoms with E-state index < -0.39 is 0 Å². The van der Waals surface area contributed by atoms with Gasteiger partial charge in [0.1, 0.15) is 11.6 Å². The molecule has 0 aliphatic carbocycles. The summed E-state index contributed by atoms with van der Waals surface area (Å²) in [7, 11) is 1.69. The van der Waals surface area contributed by atoms with Crippen LogP contribution in [0.2, 0.25) is 0 Å². The fourth-order valence-electron chi connectivity index (χ4n) is 4.08. The third kappa shape index (κ3) is 3.72. The first-order valence-corrected chi connectivity index (χ1v) is 10.5. The topological polar surface area (TPSA) is 61.5 Å². The van der Waals surface area contributed by atoms with Crippen molar-refractivity contribution in [3.8, 4) is 17.1 Å². The lowest BCUT2D eigenvalue weighted by molar-refractivity contribution is 0.0746. The van der Waals surface area contributed by atoms with Crippen LogP contribution in [-0.4, -0.2) is 54.1 Å². The molecular weight excluding hydrogens is 388 g/mol. The Morgan fingerprint density at radius 1 is 0.903 bits per heavy atom. The van der Waals surface area contributed by atoms with Crippen LogP contribution >= 0.6 is 0 Å². The van der Waals surface area contributed by atoms with Crippen molar-refractivity contribution in [1.29, 1.82) is 0 Å². The van der Waals surface area contributed by atoms with Gasteiger partial charge in [0, 0.05) is 37.3 Å². The predicted molar refractivity (Wildman–Crippen MR) is 123 cm³/mol. The molecule has 3 aromatic carbocycles. The monoisotopic (exact) mass is 412 g/mol. The van der Waals surface area contributed by atoms with Crippen LogP contribution in [0.15, 0.2) is 72.8 Å². The number of amides is 1. The fourth-order valence-corrected chi connectivity index (χ4v) is 4.08. The Labute approximate surface area is 181 Å². The number of H-pyrrole nitrogens is 1. The lowest BCUT2D eigenvalue weighted by atomic mass is 10.1. The maximum atomic E-state index is 13.0. The summed E-state index contributed by atoms with van der Waals surface area (Å²) >= 11 is 0. The summed E-state index contributed by atoms with van der Waals surface area (Å²) in [5.41, 5.74) is 4.68. The zero-order valence-corrected chi connectivity index (χ0v) is 17.4. The number of aromatic nitrogens is 2. The van der Waals surface area contributed by atoms with E-state index in [2.05, 4.69) is 20.9 Å². The SMILES string of the molecule is COc1ccccc1N1CCN(C(=O)c2ccc(-c3nc4ccccc4[nH]3)cc2)CC1. The molecule has 0 bridgehead atoms. The molecule has 6 nitrogen and oxygen atoms in total. The Morgan fingerprint density at radius 3 is 2.35 bits per heavy atom. The van der Waals surface area contributed by atoms with E-state index in [9.17, 15) is 4.79 Å². The van der Waals surface area contributed by atoms with E-state index in [4.69, 9.17) is 4.74 Å². The van der Waals surface area contributed by atoms with E-state index in [1.807, 2.05) is 71.6 Å². The molecule has 0 radical (unpaired) electrons. The van der Waals surface area contributed by atoms with Crippen LogP contribution in [0.5, 0.6) is 5.75 Å². The van der Waals surface area contributed by atoms with Crippen LogP contribution in [0.3, 0.4) is 0 Å². The molecule has 5 rings (SSSR count). The number of fused-ring (bicyclic) bond motifs is 1. The lowest BCUT2D eigenvalue weighted by Crippen LogP contribution is -2.48. The number of imidazole rings is 1. The molecule has 2 heterocycles. The number of piperazine rings is 1. The number of methoxy groups -OCH3 is 1. The molecule has 1 aromatic heterocycles. The first-order valence-electron chi connectivity index (χ1n) is 10.5. The minimum Gasteiger partial charge on any atom is -0.495 e. The second-order valence-corrected chi connectivity index (χ2v) is 7.63. The van der Waals surface area contributed by atoms with Gasteiger partial charge < -0.3 is 19.5 Å². The average Bonchev–Trinajstić information content (AvgIpc) is 3.28. The van der Waals surface area contributed by atoms with Crippen molar-refractivity contribution in [1.82, 2.24) is 14.9 Å². The van der Waals surface area contributed by atoms with Gasteiger partial charge in [0.2, 0.25) is 0 Å². The molecule has 1 aliphatic heterocycles. The van der Waals surface area contributed by atoms with Crippen LogP contribution in [0, 0.1) is 0 Å². The van der Waals surface area contributed by atoms with Crippen LogP contribution in [0.4, 0.5) is 5.69 Å². The van der Waals surface area contributed by atoms with Crippen LogP contribution in [0.1, 0.15) is 10.4 Å². The zero-order chi connectivity index (χ0) is 21.2. The normalized spacial score (nSPS) is 14.1. The maximum absolute atomic E-state index is 13.0. The van der Waals surface area contributed by atoms with Gasteiger partial charge in [-0.1, -0.05) is 36.4 Å². The first kappa shape index (κ1) is 19.2. The molecule has 4 aromatic rings. The second kappa shape index (κ2) is 8.14. The van der Waals surface area contributed by atoms with E-state index in [-0.39, 0.29) is 5.91 Å². The Kier molecular flexibility index (Phi) is 5.04. The molecular formula is C25H24N4O2. The molecule has 156 valence electrons. The van der Waals surface area contributed by atoms with E-state index in [1.165, 1.54) is 0 Å². The number of ether oxygens (including phenoxy) is 1. The van der Waals surface area contributed by atoms with Crippen molar-refractivity contribution in [2.75, 3.05) is 38.2 Å². The third-order valence-electron chi connectivity index (χ3n) is 5.79. The summed E-state index contributed by atoms with van der Waals surface area (Å²) in [6.45, 7) is 2.93. The number of benzene rings is 3. The van der Waals surface area contributed by atoms with Gasteiger partial charge in [0.05, 0.1) is 23.8 Å². The second-order valence-electron chi connectivity index (χ2n) is 7.63. The van der Waals surface area contributed by atoms with Gasteiger partial charge in [-0.15, -0.1) is 0 Å². The summed E-state index contributed by atoms with van der Waals surface area (Å²) in [5, 5.41) is 0. The summed E-state index contributed by atoms with van der Waals surface area (Å²) in [6.07, 6.45) is 0. The van der Waals surface area contributed by atoms with E-state index in [1.54, 1.807) is 7.11 Å². The van der Waals surface area contributed by atoms with Crippen molar-refractivity contribution in [3.05, 3.63) is 78.4 Å². The summed E-state index contributed by atoms with van der Waals surface area (Å²) in [4.78, 5) is 25.2. The van der Waals surface area contributed by atoms with Crippen molar-refractivity contribution < 1.29 is 9.53 Å². The highest BCUT2D eigenvalue weighted by Gasteiger charge is 2.23. The maximum Gasteiger partial charge on any atom is 0.253 e. The van der Waals surface area contributed by atoms with Crippen LogP contribution in [0.25, 0.3) is 22.4 Å². The Bertz CT molecular complexity index is 1170. The number of hydrogen-bond donors (Lipinski definition) is 1. The molecule has 1 N–H and O–H groups in total. The highest BCUT2D eigenvalue weighted by atomic mass is 16.5. The van der Waals surface area contributed by atoms with Gasteiger partial charge in [-0.05, 0) is 36.4 Å². The smallest absolute Gasteiger partial charge is 0.253 e. The van der Waals surface area contributed by atoms with Crippen LogP contribution in [-0.2, 0) is 0 Å². The van der Waals surface area contributed by atoms with Gasteiger partial charge in [0.25, 0.3) is 5.91 Å². The van der Waals surface area contributed by atoms with Crippen LogP contribution < -0.4 is 9.64 Å². The number of nitrogens with one attached hydrogen (secondary N) is 1. The molecule has 31 heavy (non-hydrogen) atoms. The number of para-hydroxylation sites is 4. The Hall–Kier alpha value is -3.80. The Morgan fingerprint density at radius 2 is 1.61 bits per heavy atom. The van der Waals surface area contributed by atoms with Crippen molar-refractivity contribution >= 4 is 22.6 Å². The minimum absolute atomic E-state index is 0.0656. The molecule has 0 atom stereocenters. The highest BCUT2D eigenvalue weighted by molar-refractivity contribution is 5.95. The zero-order valence-electron chi connectivity index (χ0n) is 17.4. The van der Waals surface area contributed by atoms with Gasteiger partial charge in [0.15, 0.2) is 0 Å². The number of aromatic amines is 1. The molecule has 1 amide bonds. The number of carbonyl (C=O) groups excluding carboxylic acids is 1. The van der Waals surface area contributed by atoms with Gasteiger partial charge in [-0.25, -0.2) is 4.98 Å². The fraction of sp³-hybridized carbons (Fsp3) is 0.200. The standard InChI is InChI=1S/C25H24N4O2/c1-31-23-9-5-4-8-22(23)28-14-16-29(17-15-28)25(30)19-12-10-18(11-13-19)24-26-20-6-2-3-7-21(20)27-24/h2-13H,14-17H2,1H3,(H,26,27). The van der Waals surface area contributed by atoms with Crippen molar-refractivity contribution in [2.24, 2.45) is 0 Å².